The Morgan fingerprint density at radius 3 is 2.14 bits per heavy atom. The molecule has 0 saturated heterocycles. The molecule has 0 unspecified atom stereocenters. The van der Waals surface area contributed by atoms with E-state index in [-0.39, 0.29) is 24.8 Å². The monoisotopic (exact) mass is 521 g/mol. The molecule has 0 aliphatic rings. The molecule has 0 fully saturated rings. The normalized spacial score (nSPS) is 12.3. The first-order valence-corrected chi connectivity index (χ1v) is 14.0. The Bertz CT molecular complexity index is 1090. The minimum Gasteiger partial charge on any atom is -0.354 e. The number of carbonyl (C=O) groups is 2. The zero-order chi connectivity index (χ0) is 26.2. The number of carbonyl (C=O) groups excluding carboxylic acids is 2. The van der Waals surface area contributed by atoms with Crippen molar-refractivity contribution in [2.75, 3.05) is 23.7 Å². The van der Waals surface area contributed by atoms with Gasteiger partial charge in [0.1, 0.15) is 6.04 Å². The van der Waals surface area contributed by atoms with E-state index in [9.17, 15) is 18.0 Å². The van der Waals surface area contributed by atoms with Crippen LogP contribution in [-0.4, -0.2) is 50.5 Å². The van der Waals surface area contributed by atoms with Gasteiger partial charge in [0.05, 0.1) is 11.9 Å². The average molecular weight is 522 g/mol. The number of aryl methyl sites for hydroxylation is 1. The van der Waals surface area contributed by atoms with Crippen LogP contribution in [0.5, 0.6) is 0 Å². The number of nitrogens with one attached hydrogen (secondary N) is 1. The maximum absolute atomic E-state index is 13.3. The van der Waals surface area contributed by atoms with Gasteiger partial charge >= 0.3 is 0 Å². The lowest BCUT2D eigenvalue weighted by Gasteiger charge is -2.29. The van der Waals surface area contributed by atoms with Gasteiger partial charge in [0.25, 0.3) is 0 Å². The second kappa shape index (κ2) is 12.9. The van der Waals surface area contributed by atoms with Crippen LogP contribution < -0.4 is 9.62 Å². The fraction of sp³-hybridized carbons (Fsp3) is 0.462. The van der Waals surface area contributed by atoms with Crippen LogP contribution in [0.1, 0.15) is 44.7 Å². The highest BCUT2D eigenvalue weighted by Crippen LogP contribution is 2.21. The smallest absolute Gasteiger partial charge is 0.242 e. The van der Waals surface area contributed by atoms with Crippen LogP contribution in [-0.2, 0) is 26.2 Å². The standard InChI is InChI=1S/C26H36ClN3O4S/c1-19(2)17-28-26(32)21(4)29(18-22-10-8-20(3)9-11-22)25(31)7-6-16-30(35(5,33)34)24-14-12-23(27)13-15-24/h8-15,19,21H,6-7,16-18H2,1-5H3,(H,28,32)/t21-/m1/s1. The van der Waals surface area contributed by atoms with Crippen LogP contribution in [0.25, 0.3) is 0 Å². The summed E-state index contributed by atoms with van der Waals surface area (Å²) in [6, 6.07) is 13.7. The van der Waals surface area contributed by atoms with Crippen LogP contribution in [0.3, 0.4) is 0 Å². The maximum Gasteiger partial charge on any atom is 0.242 e. The minimum atomic E-state index is -3.55. The summed E-state index contributed by atoms with van der Waals surface area (Å²) in [5, 5.41) is 3.41. The molecule has 0 radical (unpaired) electrons. The number of rotatable bonds is 12. The summed E-state index contributed by atoms with van der Waals surface area (Å²) in [6.45, 7) is 8.69. The van der Waals surface area contributed by atoms with E-state index in [1.807, 2.05) is 45.0 Å². The first kappa shape index (κ1) is 28.7. The van der Waals surface area contributed by atoms with Crippen LogP contribution in [0.4, 0.5) is 5.69 Å². The molecule has 7 nitrogen and oxygen atoms in total. The molecule has 0 bridgehead atoms. The number of anilines is 1. The van der Waals surface area contributed by atoms with E-state index in [4.69, 9.17) is 11.6 Å². The lowest BCUT2D eigenvalue weighted by Crippen LogP contribution is -2.48. The summed E-state index contributed by atoms with van der Waals surface area (Å²) < 4.78 is 26.0. The van der Waals surface area contributed by atoms with Gasteiger partial charge in [0.2, 0.25) is 21.8 Å². The molecule has 9 heteroatoms. The molecular formula is C26H36ClN3O4S. The molecule has 2 aromatic rings. The second-order valence-electron chi connectivity index (χ2n) is 9.24. The van der Waals surface area contributed by atoms with Crippen molar-refractivity contribution < 1.29 is 18.0 Å². The van der Waals surface area contributed by atoms with E-state index < -0.39 is 16.1 Å². The molecule has 0 heterocycles. The third-order valence-electron chi connectivity index (χ3n) is 5.59. The Hall–Kier alpha value is -2.58. The highest BCUT2D eigenvalue weighted by atomic mass is 35.5. The Labute approximate surface area is 214 Å². The van der Waals surface area contributed by atoms with Crippen molar-refractivity contribution in [2.24, 2.45) is 5.92 Å². The third kappa shape index (κ3) is 9.18. The summed E-state index contributed by atoms with van der Waals surface area (Å²) in [5.74, 6) is -0.123. The topological polar surface area (TPSA) is 86.8 Å². The van der Waals surface area contributed by atoms with E-state index in [1.165, 1.54) is 4.31 Å². The van der Waals surface area contributed by atoms with Gasteiger partial charge in [-0.1, -0.05) is 55.3 Å². The molecular weight excluding hydrogens is 486 g/mol. The molecule has 2 amide bonds. The molecule has 0 aromatic heterocycles. The van der Waals surface area contributed by atoms with Crippen molar-refractivity contribution in [3.8, 4) is 0 Å². The Balaban J connectivity index is 2.14. The lowest BCUT2D eigenvalue weighted by atomic mass is 10.1. The summed E-state index contributed by atoms with van der Waals surface area (Å²) in [4.78, 5) is 27.6. The second-order valence-corrected chi connectivity index (χ2v) is 11.6. The van der Waals surface area contributed by atoms with Crippen LogP contribution in [0.2, 0.25) is 5.02 Å². The summed E-state index contributed by atoms with van der Waals surface area (Å²) in [7, 11) is -3.55. The predicted molar refractivity (Wildman–Crippen MR) is 142 cm³/mol. The molecule has 192 valence electrons. The summed E-state index contributed by atoms with van der Waals surface area (Å²) in [6.07, 6.45) is 1.54. The van der Waals surface area contributed by atoms with Gasteiger partial charge in [-0.3, -0.25) is 13.9 Å². The SMILES string of the molecule is Cc1ccc(CN(C(=O)CCCN(c2ccc(Cl)cc2)S(C)(=O)=O)[C@H](C)C(=O)NCC(C)C)cc1. The van der Waals surface area contributed by atoms with Crippen molar-refractivity contribution in [3.05, 3.63) is 64.7 Å². The molecule has 0 spiro atoms. The molecule has 2 rings (SSSR count). The van der Waals surface area contributed by atoms with Gasteiger partial charge in [-0.25, -0.2) is 8.42 Å². The van der Waals surface area contributed by atoms with Gasteiger partial charge in [0, 0.05) is 31.1 Å². The fourth-order valence-corrected chi connectivity index (χ4v) is 4.63. The molecule has 2 aromatic carbocycles. The van der Waals surface area contributed by atoms with Crippen molar-refractivity contribution in [1.82, 2.24) is 10.2 Å². The number of sulfonamides is 1. The van der Waals surface area contributed by atoms with Gasteiger partial charge in [-0.05, 0) is 56.0 Å². The molecule has 0 aliphatic heterocycles. The number of benzene rings is 2. The van der Waals surface area contributed by atoms with Crippen molar-refractivity contribution in [1.29, 1.82) is 0 Å². The van der Waals surface area contributed by atoms with E-state index in [1.54, 1.807) is 36.1 Å². The van der Waals surface area contributed by atoms with E-state index in [0.717, 1.165) is 17.4 Å². The van der Waals surface area contributed by atoms with E-state index in [0.29, 0.717) is 36.1 Å². The van der Waals surface area contributed by atoms with Gasteiger partial charge in [0.15, 0.2) is 0 Å². The zero-order valence-corrected chi connectivity index (χ0v) is 22.7. The summed E-state index contributed by atoms with van der Waals surface area (Å²) >= 11 is 5.93. The molecule has 1 atom stereocenters. The van der Waals surface area contributed by atoms with Crippen molar-refractivity contribution >= 4 is 39.1 Å². The Morgan fingerprint density at radius 1 is 1.00 bits per heavy atom. The van der Waals surface area contributed by atoms with Gasteiger partial charge in [-0.2, -0.15) is 0 Å². The number of hydrogen-bond acceptors (Lipinski definition) is 4. The van der Waals surface area contributed by atoms with Gasteiger partial charge < -0.3 is 10.2 Å². The van der Waals surface area contributed by atoms with E-state index in [2.05, 4.69) is 5.32 Å². The maximum atomic E-state index is 13.3. The molecule has 1 N–H and O–H groups in total. The number of nitrogens with zero attached hydrogens (tertiary/aromatic N) is 2. The quantitative estimate of drug-likeness (QED) is 0.449. The Morgan fingerprint density at radius 2 is 1.60 bits per heavy atom. The highest BCUT2D eigenvalue weighted by Gasteiger charge is 2.26. The van der Waals surface area contributed by atoms with E-state index >= 15 is 0 Å². The number of hydrogen-bond donors (Lipinski definition) is 1. The third-order valence-corrected chi connectivity index (χ3v) is 7.04. The van der Waals surface area contributed by atoms with Crippen LogP contribution in [0.15, 0.2) is 48.5 Å². The first-order valence-electron chi connectivity index (χ1n) is 11.7. The molecule has 35 heavy (non-hydrogen) atoms. The largest absolute Gasteiger partial charge is 0.354 e. The fourth-order valence-electron chi connectivity index (χ4n) is 3.54. The first-order chi connectivity index (χ1) is 16.4. The van der Waals surface area contributed by atoms with Crippen LogP contribution >= 0.6 is 11.6 Å². The lowest BCUT2D eigenvalue weighted by molar-refractivity contribution is -0.140. The number of amides is 2. The van der Waals surface area contributed by atoms with Crippen molar-refractivity contribution in [2.45, 2.75) is 53.1 Å². The predicted octanol–water partition coefficient (Wildman–Crippen LogP) is 4.38. The minimum absolute atomic E-state index is 0.104. The molecule has 0 aliphatic carbocycles. The molecule has 0 saturated carbocycles. The Kier molecular flexibility index (Phi) is 10.6. The average Bonchev–Trinajstić information content (AvgIpc) is 2.79. The number of halogens is 1. The van der Waals surface area contributed by atoms with Crippen LogP contribution in [0, 0.1) is 12.8 Å². The highest BCUT2D eigenvalue weighted by molar-refractivity contribution is 7.92. The summed E-state index contributed by atoms with van der Waals surface area (Å²) in [5.41, 5.74) is 2.52. The zero-order valence-electron chi connectivity index (χ0n) is 21.1. The van der Waals surface area contributed by atoms with Crippen molar-refractivity contribution in [3.63, 3.8) is 0 Å². The van der Waals surface area contributed by atoms with Gasteiger partial charge in [-0.15, -0.1) is 0 Å².